The molecule has 1 rings (SSSR count). The maximum absolute atomic E-state index is 12.2. The number of methoxy groups -OCH3 is 1. The van der Waals surface area contributed by atoms with Crippen LogP contribution in [-0.4, -0.2) is 49.3 Å². The Kier molecular flexibility index (Phi) is 5.60. The summed E-state index contributed by atoms with van der Waals surface area (Å²) in [5.74, 6) is 0.738. The van der Waals surface area contributed by atoms with Gasteiger partial charge in [0.15, 0.2) is 0 Å². The van der Waals surface area contributed by atoms with E-state index in [1.807, 2.05) is 25.7 Å². The first-order valence-electron chi connectivity index (χ1n) is 6.77. The monoisotopic (exact) mass is 257 g/mol. The van der Waals surface area contributed by atoms with Gasteiger partial charge < -0.3 is 14.4 Å². The van der Waals surface area contributed by atoms with Crippen LogP contribution in [0.15, 0.2) is 0 Å². The van der Waals surface area contributed by atoms with Gasteiger partial charge in [0.05, 0.1) is 12.2 Å². The molecule has 0 radical (unpaired) electrons. The van der Waals surface area contributed by atoms with Gasteiger partial charge in [0.25, 0.3) is 0 Å². The van der Waals surface area contributed by atoms with Crippen molar-refractivity contribution in [3.63, 3.8) is 0 Å². The molecule has 1 atom stereocenters. The Morgan fingerprint density at radius 3 is 2.44 bits per heavy atom. The molecule has 0 aliphatic heterocycles. The van der Waals surface area contributed by atoms with Crippen molar-refractivity contribution in [1.29, 1.82) is 0 Å². The van der Waals surface area contributed by atoms with Crippen LogP contribution in [0.3, 0.4) is 0 Å². The van der Waals surface area contributed by atoms with E-state index in [0.29, 0.717) is 25.1 Å². The third kappa shape index (κ3) is 5.36. The zero-order valence-corrected chi connectivity index (χ0v) is 12.4. The van der Waals surface area contributed by atoms with Crippen molar-refractivity contribution in [2.75, 3.05) is 26.9 Å². The number of carbonyl (C=O) groups excluding carboxylic acids is 1. The number of amides is 1. The molecule has 4 nitrogen and oxygen atoms in total. The molecule has 0 saturated heterocycles. The first-order chi connectivity index (χ1) is 8.35. The van der Waals surface area contributed by atoms with E-state index in [4.69, 9.17) is 9.47 Å². The maximum Gasteiger partial charge on any atom is 0.248 e. The normalized spacial score (nSPS) is 17.6. The van der Waals surface area contributed by atoms with E-state index < -0.39 is 0 Å². The molecule has 0 aromatic rings. The molecule has 0 aromatic carbocycles. The van der Waals surface area contributed by atoms with Crippen molar-refractivity contribution in [1.82, 2.24) is 4.90 Å². The van der Waals surface area contributed by atoms with Gasteiger partial charge in [-0.05, 0) is 46.5 Å². The number of nitrogens with zero attached hydrogens (tertiary/aromatic N) is 1. The number of hydrogen-bond donors (Lipinski definition) is 0. The predicted molar refractivity (Wildman–Crippen MR) is 71.5 cm³/mol. The van der Waals surface area contributed by atoms with Crippen LogP contribution in [0.25, 0.3) is 0 Å². The molecule has 18 heavy (non-hydrogen) atoms. The summed E-state index contributed by atoms with van der Waals surface area (Å²) < 4.78 is 10.7. The molecule has 106 valence electrons. The highest BCUT2D eigenvalue weighted by Crippen LogP contribution is 2.35. The number of carbonyl (C=O) groups is 1. The van der Waals surface area contributed by atoms with Gasteiger partial charge in [0.1, 0.15) is 6.61 Å². The first kappa shape index (κ1) is 15.4. The van der Waals surface area contributed by atoms with E-state index in [9.17, 15) is 4.79 Å². The molecule has 4 heteroatoms. The minimum atomic E-state index is -0.272. The smallest absolute Gasteiger partial charge is 0.248 e. The van der Waals surface area contributed by atoms with Crippen LogP contribution >= 0.6 is 0 Å². The third-order valence-corrected chi connectivity index (χ3v) is 3.28. The van der Waals surface area contributed by atoms with E-state index in [1.54, 1.807) is 7.11 Å². The summed E-state index contributed by atoms with van der Waals surface area (Å²) in [4.78, 5) is 14.1. The van der Waals surface area contributed by atoms with Gasteiger partial charge in [-0.1, -0.05) is 0 Å². The molecule has 0 heterocycles. The molecule has 0 N–H and O–H groups in total. The standard InChI is InChI=1S/C14H27NO3/c1-11(12-6-7-12)15(8-9-17-5)13(16)10-18-14(2,3)4/h11-12H,6-10H2,1-5H3. The fraction of sp³-hybridized carbons (Fsp3) is 0.929. The Balaban J connectivity index is 2.49. The molecule has 0 bridgehead atoms. The van der Waals surface area contributed by atoms with Gasteiger partial charge >= 0.3 is 0 Å². The number of hydrogen-bond acceptors (Lipinski definition) is 3. The molecule has 1 saturated carbocycles. The highest BCUT2D eigenvalue weighted by molar-refractivity contribution is 5.77. The van der Waals surface area contributed by atoms with Crippen LogP contribution in [0.1, 0.15) is 40.5 Å². The second-order valence-electron chi connectivity index (χ2n) is 6.06. The summed E-state index contributed by atoms with van der Waals surface area (Å²) in [5, 5.41) is 0. The Labute approximate surface area is 111 Å². The fourth-order valence-corrected chi connectivity index (χ4v) is 1.94. The van der Waals surface area contributed by atoms with Gasteiger partial charge in [-0.25, -0.2) is 0 Å². The van der Waals surface area contributed by atoms with Crippen LogP contribution in [0.2, 0.25) is 0 Å². The van der Waals surface area contributed by atoms with Crippen molar-refractivity contribution in [2.45, 2.75) is 52.2 Å². The molecular formula is C14H27NO3. The Hall–Kier alpha value is -0.610. The lowest BCUT2D eigenvalue weighted by Crippen LogP contribution is -2.44. The number of rotatable bonds is 7. The van der Waals surface area contributed by atoms with Crippen LogP contribution < -0.4 is 0 Å². The van der Waals surface area contributed by atoms with Crippen LogP contribution in [-0.2, 0) is 14.3 Å². The Morgan fingerprint density at radius 2 is 2.00 bits per heavy atom. The summed E-state index contributed by atoms with van der Waals surface area (Å²) in [6, 6.07) is 0.302. The largest absolute Gasteiger partial charge is 0.383 e. The average molecular weight is 257 g/mol. The second kappa shape index (κ2) is 6.53. The quantitative estimate of drug-likeness (QED) is 0.701. The summed E-state index contributed by atoms with van der Waals surface area (Å²) in [6.07, 6.45) is 2.47. The lowest BCUT2D eigenvalue weighted by Gasteiger charge is -2.30. The van der Waals surface area contributed by atoms with Crippen LogP contribution in [0.5, 0.6) is 0 Å². The van der Waals surface area contributed by atoms with Crippen molar-refractivity contribution >= 4 is 5.91 Å². The van der Waals surface area contributed by atoms with Crippen molar-refractivity contribution in [3.05, 3.63) is 0 Å². The number of ether oxygens (including phenoxy) is 2. The average Bonchev–Trinajstić information content (AvgIpc) is 3.09. The SMILES string of the molecule is COCCN(C(=O)COC(C)(C)C)C(C)C1CC1. The minimum Gasteiger partial charge on any atom is -0.383 e. The van der Waals surface area contributed by atoms with E-state index in [1.165, 1.54) is 12.8 Å². The van der Waals surface area contributed by atoms with Gasteiger partial charge in [-0.3, -0.25) is 4.79 Å². The minimum absolute atomic E-state index is 0.0707. The lowest BCUT2D eigenvalue weighted by atomic mass is 10.1. The Morgan fingerprint density at radius 1 is 1.39 bits per heavy atom. The molecule has 0 aromatic heterocycles. The fourth-order valence-electron chi connectivity index (χ4n) is 1.94. The van der Waals surface area contributed by atoms with E-state index in [2.05, 4.69) is 6.92 Å². The van der Waals surface area contributed by atoms with Crippen LogP contribution in [0, 0.1) is 5.92 Å². The summed E-state index contributed by atoms with van der Waals surface area (Å²) in [5.41, 5.74) is -0.272. The van der Waals surface area contributed by atoms with Crippen molar-refractivity contribution in [3.8, 4) is 0 Å². The zero-order chi connectivity index (χ0) is 13.8. The molecule has 1 amide bonds. The Bertz CT molecular complexity index is 269. The lowest BCUT2D eigenvalue weighted by molar-refractivity contribution is -0.144. The summed E-state index contributed by atoms with van der Waals surface area (Å²) in [7, 11) is 1.66. The molecule has 1 aliphatic rings. The van der Waals surface area contributed by atoms with Crippen LogP contribution in [0.4, 0.5) is 0 Å². The predicted octanol–water partition coefficient (Wildman–Crippen LogP) is 2.07. The van der Waals surface area contributed by atoms with Gasteiger partial charge in [-0.15, -0.1) is 0 Å². The molecule has 1 fully saturated rings. The van der Waals surface area contributed by atoms with E-state index in [-0.39, 0.29) is 18.1 Å². The van der Waals surface area contributed by atoms with E-state index >= 15 is 0 Å². The third-order valence-electron chi connectivity index (χ3n) is 3.28. The highest BCUT2D eigenvalue weighted by atomic mass is 16.5. The first-order valence-corrected chi connectivity index (χ1v) is 6.77. The molecule has 1 aliphatic carbocycles. The highest BCUT2D eigenvalue weighted by Gasteiger charge is 2.34. The molecular weight excluding hydrogens is 230 g/mol. The molecule has 1 unspecified atom stereocenters. The van der Waals surface area contributed by atoms with E-state index in [0.717, 1.165) is 0 Å². The maximum atomic E-state index is 12.2. The van der Waals surface area contributed by atoms with Crippen molar-refractivity contribution in [2.24, 2.45) is 5.92 Å². The summed E-state index contributed by atoms with van der Waals surface area (Å²) >= 11 is 0. The zero-order valence-electron chi connectivity index (χ0n) is 12.4. The van der Waals surface area contributed by atoms with Crippen molar-refractivity contribution < 1.29 is 14.3 Å². The summed E-state index contributed by atoms with van der Waals surface area (Å²) in [6.45, 7) is 9.41. The second-order valence-corrected chi connectivity index (χ2v) is 6.06. The van der Waals surface area contributed by atoms with Gasteiger partial charge in [0, 0.05) is 19.7 Å². The van der Waals surface area contributed by atoms with Gasteiger partial charge in [0.2, 0.25) is 5.91 Å². The van der Waals surface area contributed by atoms with Gasteiger partial charge in [-0.2, -0.15) is 0 Å². The molecule has 0 spiro atoms. The topological polar surface area (TPSA) is 38.8 Å².